The van der Waals surface area contributed by atoms with E-state index in [2.05, 4.69) is 175 Å². The Kier molecular flexibility index (Phi) is 41.7. The molecule has 5 aromatic carbocycles. The average molecular weight is 1810 g/mol. The molecule has 11 aromatic rings. The summed E-state index contributed by atoms with van der Waals surface area (Å²) in [6, 6.07) is 53.3. The Morgan fingerprint density at radius 1 is 0.214 bits per heavy atom. The highest BCUT2D eigenvalue weighted by Gasteiger charge is 2.54. The van der Waals surface area contributed by atoms with Gasteiger partial charge in [-0.25, -0.2) is 0 Å². The molecule has 0 N–H and O–H groups in total. The van der Waals surface area contributed by atoms with E-state index in [-0.39, 0.29) is 0 Å². The maximum Gasteiger partial charge on any atom is 0.119 e. The van der Waals surface area contributed by atoms with Crippen molar-refractivity contribution in [2.75, 3.05) is 26.4 Å². The van der Waals surface area contributed by atoms with Gasteiger partial charge in [-0.3, -0.25) is 0 Å². The molecule has 0 bridgehead atoms. The van der Waals surface area contributed by atoms with Gasteiger partial charge in [-0.2, -0.15) is 0 Å². The predicted molar refractivity (Wildman–Crippen MR) is 559 cm³/mol. The molecule has 684 valence electrons. The molecular weight excluding hydrogens is 1650 g/mol. The first-order chi connectivity index (χ1) is 62.3. The van der Waals surface area contributed by atoms with Crippen molar-refractivity contribution in [1.82, 2.24) is 0 Å². The number of aryl methyl sites for hydroxylation is 2. The Morgan fingerprint density at radius 2 is 0.437 bits per heavy atom. The third-order valence-corrected chi connectivity index (χ3v) is 35.1. The quantitative estimate of drug-likeness (QED) is 0.0356. The monoisotopic (exact) mass is 1810 g/mol. The Labute approximate surface area is 788 Å². The van der Waals surface area contributed by atoms with Gasteiger partial charge in [0.2, 0.25) is 0 Å². The largest absolute Gasteiger partial charge is 0.494 e. The molecule has 4 nitrogen and oxygen atoms in total. The van der Waals surface area contributed by atoms with Gasteiger partial charge in [0.25, 0.3) is 0 Å². The summed E-state index contributed by atoms with van der Waals surface area (Å²) in [6.45, 7) is 16.8. The maximum absolute atomic E-state index is 6.81. The molecule has 0 radical (unpaired) electrons. The van der Waals surface area contributed by atoms with Crippen LogP contribution in [0.2, 0.25) is 0 Å². The topological polar surface area (TPSA) is 36.9 Å². The summed E-state index contributed by atoms with van der Waals surface area (Å²) in [7, 11) is 0. The number of benzene rings is 5. The van der Waals surface area contributed by atoms with E-state index in [1.807, 2.05) is 68.0 Å². The van der Waals surface area contributed by atoms with Crippen molar-refractivity contribution in [3.8, 4) is 53.6 Å². The van der Waals surface area contributed by atoms with Crippen LogP contribution in [0.25, 0.3) is 58.8 Å². The summed E-state index contributed by atoms with van der Waals surface area (Å²) in [5.74, 6) is 3.80. The van der Waals surface area contributed by atoms with Gasteiger partial charge >= 0.3 is 0 Å². The molecule has 126 heavy (non-hydrogen) atoms. The molecule has 13 rings (SSSR count). The highest BCUT2D eigenvalue weighted by Crippen LogP contribution is 2.69. The Hall–Kier alpha value is -5.72. The molecule has 0 amide bonds. The van der Waals surface area contributed by atoms with E-state index in [4.69, 9.17) is 18.9 Å². The van der Waals surface area contributed by atoms with Gasteiger partial charge in [0, 0.05) is 59.2 Å². The van der Waals surface area contributed by atoms with Crippen molar-refractivity contribution in [2.24, 2.45) is 0 Å². The third-order valence-electron chi connectivity index (χ3n) is 27.8. The van der Waals surface area contributed by atoms with Crippen molar-refractivity contribution in [3.05, 3.63) is 188 Å². The van der Waals surface area contributed by atoms with E-state index in [0.29, 0.717) is 0 Å². The Balaban J connectivity index is 0.818. The third kappa shape index (κ3) is 26.8. The van der Waals surface area contributed by atoms with Gasteiger partial charge in [-0.15, -0.1) is 68.0 Å². The molecule has 2 aliphatic carbocycles. The zero-order valence-electron chi connectivity index (χ0n) is 79.2. The van der Waals surface area contributed by atoms with E-state index in [1.54, 1.807) is 0 Å². The fourth-order valence-corrected chi connectivity index (χ4v) is 28.6. The van der Waals surface area contributed by atoms with Gasteiger partial charge in [0.15, 0.2) is 0 Å². The van der Waals surface area contributed by atoms with Crippen molar-refractivity contribution in [2.45, 2.75) is 412 Å². The zero-order chi connectivity index (χ0) is 87.1. The predicted octanol–water partition coefficient (Wildman–Crippen LogP) is 40.0. The first-order valence-corrected chi connectivity index (χ1v) is 56.9. The number of hydrogen-bond acceptors (Lipinski definition) is 10. The van der Waals surface area contributed by atoms with E-state index in [1.165, 1.54) is 447 Å². The van der Waals surface area contributed by atoms with E-state index in [0.717, 1.165) is 75.1 Å². The fraction of sp³-hybridized carbons (Fsp3) is 0.586. The Bertz CT molecular complexity index is 4670. The lowest BCUT2D eigenvalue weighted by Crippen LogP contribution is -2.30. The maximum atomic E-state index is 6.81. The average Bonchev–Trinajstić information content (AvgIpc) is 1.49. The second-order valence-electron chi connectivity index (χ2n) is 38.0. The van der Waals surface area contributed by atoms with Crippen molar-refractivity contribution in [1.29, 1.82) is 0 Å². The van der Waals surface area contributed by atoms with Crippen LogP contribution in [-0.4, -0.2) is 26.4 Å². The molecule has 10 heteroatoms. The zero-order valence-corrected chi connectivity index (χ0v) is 84.1. The minimum Gasteiger partial charge on any atom is -0.494 e. The highest BCUT2D eigenvalue weighted by molar-refractivity contribution is 7.35. The molecule has 0 saturated heterocycles. The molecule has 0 spiro atoms. The van der Waals surface area contributed by atoms with Gasteiger partial charge in [0.05, 0.1) is 46.7 Å². The number of hydrogen-bond donors (Lipinski definition) is 0. The molecule has 0 aliphatic heterocycles. The minimum absolute atomic E-state index is 0.676. The summed E-state index contributed by atoms with van der Waals surface area (Å²) in [5.41, 5.74) is 11.9. The van der Waals surface area contributed by atoms with Crippen molar-refractivity contribution >= 4 is 96.2 Å². The van der Waals surface area contributed by atoms with Crippen molar-refractivity contribution < 1.29 is 18.9 Å². The number of unbranched alkanes of at least 4 members (excludes halogenated alkanes) is 52. The molecule has 0 atom stereocenters. The lowest BCUT2D eigenvalue weighted by Gasteiger charge is -2.35. The van der Waals surface area contributed by atoms with Crippen molar-refractivity contribution in [3.63, 3.8) is 0 Å². The summed E-state index contributed by atoms with van der Waals surface area (Å²) in [6.07, 6.45) is 75.4. The fourth-order valence-electron chi connectivity index (χ4n) is 20.7. The van der Waals surface area contributed by atoms with Crippen LogP contribution in [0, 0.1) is 13.8 Å². The molecule has 6 heterocycles. The number of rotatable bonds is 69. The minimum atomic E-state index is -0.707. The number of fused-ring (bicyclic) bond motifs is 11. The normalized spacial score (nSPS) is 13.1. The van der Waals surface area contributed by atoms with Crippen LogP contribution < -0.4 is 18.9 Å². The SMILES string of the molecule is CCCCCCCCCCCCCCCCOc1ccc(C2(c3ccc(OCCCCCCCCCCCCCCCC)cc3)c3cc4c(cc3-c3sc5cc(C)sc5c32)C(c2ccc(OCCCCCCCCCCCCCCCC)cc2)(c2ccc(OCCCCCCCCCCCCCCCC)cc2)c2c-4sc3cc(-c4cc5sc(C)cc5s4)sc23)cc1. The second kappa shape index (κ2) is 53.7. The molecule has 0 unspecified atom stereocenters. The summed E-state index contributed by atoms with van der Waals surface area (Å²) in [5, 5.41) is 0. The summed E-state index contributed by atoms with van der Waals surface area (Å²) in [4.78, 5) is 8.20. The van der Waals surface area contributed by atoms with Gasteiger partial charge in [0.1, 0.15) is 23.0 Å². The summed E-state index contributed by atoms with van der Waals surface area (Å²) >= 11 is 11.9. The van der Waals surface area contributed by atoms with Gasteiger partial charge < -0.3 is 18.9 Å². The van der Waals surface area contributed by atoms with Crippen LogP contribution >= 0.6 is 68.0 Å². The molecule has 6 aromatic heterocycles. The Morgan fingerprint density at radius 3 is 0.714 bits per heavy atom. The van der Waals surface area contributed by atoms with Gasteiger partial charge in [-0.05, 0) is 169 Å². The van der Waals surface area contributed by atoms with Crippen LogP contribution in [0.5, 0.6) is 23.0 Å². The molecule has 0 saturated carbocycles. The number of thiophene rings is 6. The van der Waals surface area contributed by atoms with Crippen LogP contribution in [0.4, 0.5) is 0 Å². The smallest absolute Gasteiger partial charge is 0.119 e. The van der Waals surface area contributed by atoms with Gasteiger partial charge in [-0.1, -0.05) is 410 Å². The van der Waals surface area contributed by atoms with Crippen LogP contribution in [0.3, 0.4) is 0 Å². The first kappa shape index (κ1) is 97.8. The number of ether oxygens (including phenoxy) is 4. The van der Waals surface area contributed by atoms with E-state index in [9.17, 15) is 0 Å². The highest BCUT2D eigenvalue weighted by atomic mass is 32.1. The lowest BCUT2D eigenvalue weighted by molar-refractivity contribution is 0.304. The second-order valence-corrected chi connectivity index (χ2v) is 44.8. The first-order valence-electron chi connectivity index (χ1n) is 52.0. The van der Waals surface area contributed by atoms with E-state index < -0.39 is 10.8 Å². The molecular formula is C116H160O4S6. The summed E-state index contributed by atoms with van der Waals surface area (Å²) < 4.78 is 35.5. The molecule has 2 aliphatic rings. The van der Waals surface area contributed by atoms with Crippen LogP contribution in [-0.2, 0) is 10.8 Å². The van der Waals surface area contributed by atoms with Crippen LogP contribution in [0.15, 0.2) is 133 Å². The molecule has 0 fully saturated rings. The lowest BCUT2D eigenvalue weighted by atomic mass is 9.66. The standard InChI is InChI=1S/C116H160O4S6/c1-7-11-15-19-23-27-31-35-39-43-47-51-55-59-79-117-95-71-63-91(64-72-95)115(92-65-73-96(74-66-92)118-80-60-56-52-48-44-40-36-32-28-24-20-16-12-8-2)101-86-100-102(85-99(101)111-109(115)113-107(125-111)84-90(6)122-113)116(110-112(100)126-108-88-106(124-114(108)110)105-87-104-103(123-105)83-89(5)121-104,93-67-75-97(76-68-93)119-81-61-57-53-49-45-41-37-33-29-25-21-17-13-9-3)94-69-77-98(78-70-94)120-82-62-58-54-50-46-42-38-34-30-26-22-18-14-10-4/h63-78,83-88H,7-62,79-82H2,1-6H3. The van der Waals surface area contributed by atoms with Crippen LogP contribution in [0.1, 0.15) is 442 Å². The van der Waals surface area contributed by atoms with E-state index >= 15 is 0 Å².